The smallest absolute Gasteiger partial charge is 0.256 e. The molecule has 0 unspecified atom stereocenters. The summed E-state index contributed by atoms with van der Waals surface area (Å²) in [5.74, 6) is 2.33. The lowest BCUT2D eigenvalue weighted by atomic mass is 9.95. The van der Waals surface area contributed by atoms with Crippen molar-refractivity contribution in [3.05, 3.63) is 48.0 Å². The molecule has 3 rings (SSSR count). The number of hydrogen-bond donors (Lipinski definition) is 2. The van der Waals surface area contributed by atoms with E-state index in [-0.39, 0.29) is 5.91 Å². The van der Waals surface area contributed by atoms with E-state index >= 15 is 0 Å². The van der Waals surface area contributed by atoms with Crippen LogP contribution < -0.4 is 5.32 Å². The molecule has 1 aromatic heterocycles. The summed E-state index contributed by atoms with van der Waals surface area (Å²) in [5, 5.41) is 13.3. The second kappa shape index (κ2) is 6.76. The molecule has 1 aromatic carbocycles. The van der Waals surface area contributed by atoms with Gasteiger partial charge in [-0.15, -0.1) is 0 Å². The van der Waals surface area contributed by atoms with Gasteiger partial charge in [0.2, 0.25) is 0 Å². The summed E-state index contributed by atoms with van der Waals surface area (Å²) < 4.78 is 2.07. The highest BCUT2D eigenvalue weighted by atomic mass is 32.2. The molecular weight excluding hydrogens is 310 g/mol. The fraction of sp³-hybridized carbons (Fsp3) is 0.412. The van der Waals surface area contributed by atoms with Crippen LogP contribution in [0, 0.1) is 6.92 Å². The number of carbonyl (C=O) groups is 1. The number of rotatable bonds is 4. The summed E-state index contributed by atoms with van der Waals surface area (Å²) in [6.07, 6.45) is 4.76. The Morgan fingerprint density at radius 1 is 1.35 bits per heavy atom. The van der Waals surface area contributed by atoms with Gasteiger partial charge in [0, 0.05) is 24.6 Å². The second-order valence-electron chi connectivity index (χ2n) is 5.90. The maximum Gasteiger partial charge on any atom is 0.256 e. The summed E-state index contributed by atoms with van der Waals surface area (Å²) >= 11 is 1.78. The number of thioether (sulfide) groups is 1. The lowest BCUT2D eigenvalue weighted by Gasteiger charge is -2.30. The minimum Gasteiger partial charge on any atom is -0.380 e. The van der Waals surface area contributed by atoms with Crippen LogP contribution in [-0.4, -0.2) is 37.7 Å². The zero-order chi connectivity index (χ0) is 16.3. The zero-order valence-electron chi connectivity index (χ0n) is 13.2. The fourth-order valence-corrected chi connectivity index (χ4v) is 3.81. The number of imidazole rings is 1. The average Bonchev–Trinajstić information content (AvgIpc) is 2.95. The van der Waals surface area contributed by atoms with Gasteiger partial charge in [-0.2, -0.15) is 11.8 Å². The van der Waals surface area contributed by atoms with Crippen molar-refractivity contribution in [2.45, 2.75) is 31.9 Å². The Morgan fingerprint density at radius 3 is 2.65 bits per heavy atom. The van der Waals surface area contributed by atoms with Crippen molar-refractivity contribution in [3.8, 4) is 0 Å². The van der Waals surface area contributed by atoms with Crippen LogP contribution in [0.2, 0.25) is 0 Å². The minimum absolute atomic E-state index is 0.295. The predicted molar refractivity (Wildman–Crippen MR) is 92.6 cm³/mol. The van der Waals surface area contributed by atoms with Gasteiger partial charge in [0.25, 0.3) is 5.91 Å². The molecule has 0 saturated carbocycles. The molecule has 1 fully saturated rings. The van der Waals surface area contributed by atoms with Gasteiger partial charge in [-0.1, -0.05) is 12.1 Å². The summed E-state index contributed by atoms with van der Waals surface area (Å²) in [6, 6.07) is 7.71. The molecular formula is C17H21N3O2S. The molecule has 23 heavy (non-hydrogen) atoms. The molecule has 1 aliphatic heterocycles. The Kier molecular flexibility index (Phi) is 4.73. The minimum atomic E-state index is -1.22. The van der Waals surface area contributed by atoms with E-state index in [4.69, 9.17) is 0 Å². The number of anilines is 1. The van der Waals surface area contributed by atoms with E-state index in [0.717, 1.165) is 29.4 Å². The number of amides is 1. The first-order valence-corrected chi connectivity index (χ1v) is 8.90. The third-order valence-corrected chi connectivity index (χ3v) is 5.22. The Labute approximate surface area is 140 Å². The van der Waals surface area contributed by atoms with Crippen LogP contribution in [0.25, 0.3) is 0 Å². The molecule has 5 nitrogen and oxygen atoms in total. The third-order valence-electron chi connectivity index (χ3n) is 4.23. The van der Waals surface area contributed by atoms with Gasteiger partial charge in [0.1, 0.15) is 11.4 Å². The van der Waals surface area contributed by atoms with Gasteiger partial charge < -0.3 is 15.0 Å². The molecule has 1 saturated heterocycles. The van der Waals surface area contributed by atoms with E-state index in [1.165, 1.54) is 0 Å². The van der Waals surface area contributed by atoms with Gasteiger partial charge >= 0.3 is 0 Å². The molecule has 1 aliphatic rings. The number of carbonyl (C=O) groups excluding carboxylic acids is 1. The monoisotopic (exact) mass is 331 g/mol. The first-order valence-electron chi connectivity index (χ1n) is 7.75. The standard InChI is InChI=1S/C17H21N3O2S/c1-13-18-8-9-20(13)12-14-2-4-15(5-3-14)19-16(21)17(22)6-10-23-11-7-17/h2-5,8-9,22H,6-7,10-12H2,1H3,(H,19,21). The summed E-state index contributed by atoms with van der Waals surface area (Å²) in [7, 11) is 0. The molecule has 6 heteroatoms. The summed E-state index contributed by atoms with van der Waals surface area (Å²) in [5.41, 5.74) is 0.627. The van der Waals surface area contributed by atoms with Crippen LogP contribution in [0.4, 0.5) is 5.69 Å². The number of aliphatic hydroxyl groups is 1. The number of nitrogens with one attached hydrogen (secondary N) is 1. The van der Waals surface area contributed by atoms with Crippen molar-refractivity contribution in [2.24, 2.45) is 0 Å². The topological polar surface area (TPSA) is 67.2 Å². The maximum absolute atomic E-state index is 12.3. The summed E-state index contributed by atoms with van der Waals surface area (Å²) in [4.78, 5) is 16.5. The van der Waals surface area contributed by atoms with E-state index in [1.54, 1.807) is 18.0 Å². The Bertz CT molecular complexity index is 675. The highest BCUT2D eigenvalue weighted by Crippen LogP contribution is 2.28. The van der Waals surface area contributed by atoms with Crippen molar-refractivity contribution in [3.63, 3.8) is 0 Å². The van der Waals surface area contributed by atoms with Crippen molar-refractivity contribution < 1.29 is 9.90 Å². The summed E-state index contributed by atoms with van der Waals surface area (Å²) in [6.45, 7) is 2.72. The van der Waals surface area contributed by atoms with Gasteiger partial charge in [-0.25, -0.2) is 4.98 Å². The van der Waals surface area contributed by atoms with E-state index in [1.807, 2.05) is 37.4 Å². The molecule has 0 atom stereocenters. The number of aromatic nitrogens is 2. The van der Waals surface area contributed by atoms with Gasteiger partial charge in [0.05, 0.1) is 0 Å². The Hall–Kier alpha value is -1.79. The van der Waals surface area contributed by atoms with E-state index < -0.39 is 5.60 Å². The van der Waals surface area contributed by atoms with Crippen LogP contribution in [0.5, 0.6) is 0 Å². The van der Waals surface area contributed by atoms with Crippen LogP contribution >= 0.6 is 11.8 Å². The molecule has 2 heterocycles. The van der Waals surface area contributed by atoms with Crippen LogP contribution in [0.1, 0.15) is 24.2 Å². The van der Waals surface area contributed by atoms with E-state index in [9.17, 15) is 9.90 Å². The van der Waals surface area contributed by atoms with E-state index in [0.29, 0.717) is 18.5 Å². The SMILES string of the molecule is Cc1nccn1Cc1ccc(NC(=O)C2(O)CCSCC2)cc1. The number of aryl methyl sites for hydroxylation is 1. The van der Waals surface area contributed by atoms with Gasteiger partial charge in [-0.3, -0.25) is 4.79 Å². The van der Waals surface area contributed by atoms with Crippen molar-refractivity contribution in [2.75, 3.05) is 16.8 Å². The third kappa shape index (κ3) is 3.76. The first-order chi connectivity index (χ1) is 11.1. The lowest BCUT2D eigenvalue weighted by molar-refractivity contribution is -0.134. The average molecular weight is 331 g/mol. The first kappa shape index (κ1) is 16.1. The quantitative estimate of drug-likeness (QED) is 0.903. The Morgan fingerprint density at radius 2 is 2.04 bits per heavy atom. The zero-order valence-corrected chi connectivity index (χ0v) is 14.0. The number of nitrogens with zero attached hydrogens (tertiary/aromatic N) is 2. The molecule has 122 valence electrons. The van der Waals surface area contributed by atoms with Gasteiger partial charge in [0.15, 0.2) is 0 Å². The fourth-order valence-electron chi connectivity index (χ4n) is 2.64. The van der Waals surface area contributed by atoms with Crippen molar-refractivity contribution >= 4 is 23.4 Å². The largest absolute Gasteiger partial charge is 0.380 e. The van der Waals surface area contributed by atoms with Gasteiger partial charge in [-0.05, 0) is 49.0 Å². The van der Waals surface area contributed by atoms with Crippen LogP contribution in [0.3, 0.4) is 0 Å². The number of hydrogen-bond acceptors (Lipinski definition) is 4. The van der Waals surface area contributed by atoms with Crippen LogP contribution in [0.15, 0.2) is 36.7 Å². The highest BCUT2D eigenvalue weighted by Gasteiger charge is 2.37. The second-order valence-corrected chi connectivity index (χ2v) is 7.12. The molecule has 0 bridgehead atoms. The molecule has 0 aliphatic carbocycles. The van der Waals surface area contributed by atoms with Crippen molar-refractivity contribution in [1.29, 1.82) is 0 Å². The molecule has 0 spiro atoms. The molecule has 0 radical (unpaired) electrons. The number of benzene rings is 1. The predicted octanol–water partition coefficient (Wildman–Crippen LogP) is 2.44. The Balaban J connectivity index is 1.63. The lowest BCUT2D eigenvalue weighted by Crippen LogP contribution is -2.45. The van der Waals surface area contributed by atoms with Crippen LogP contribution in [-0.2, 0) is 11.3 Å². The normalized spacial score (nSPS) is 17.0. The molecule has 2 aromatic rings. The van der Waals surface area contributed by atoms with Crippen molar-refractivity contribution in [1.82, 2.24) is 9.55 Å². The van der Waals surface area contributed by atoms with E-state index in [2.05, 4.69) is 14.9 Å². The maximum atomic E-state index is 12.3. The molecule has 2 N–H and O–H groups in total. The highest BCUT2D eigenvalue weighted by molar-refractivity contribution is 7.99. The molecule has 1 amide bonds.